The number of hydrogen-bond acceptors (Lipinski definition) is 7. The van der Waals surface area contributed by atoms with Gasteiger partial charge in [0, 0.05) is 5.56 Å². The minimum atomic E-state index is 0.0382. The highest BCUT2D eigenvalue weighted by Gasteiger charge is 2.22. The molecule has 0 bridgehead atoms. The van der Waals surface area contributed by atoms with Gasteiger partial charge in [0.2, 0.25) is 0 Å². The fourth-order valence-electron chi connectivity index (χ4n) is 7.66. The zero-order valence-electron chi connectivity index (χ0n) is 52.0. The van der Waals surface area contributed by atoms with Crippen molar-refractivity contribution in [2.45, 2.75) is 184 Å². The quantitative estimate of drug-likeness (QED) is 0.165. The van der Waals surface area contributed by atoms with Gasteiger partial charge in [0.15, 0.2) is 23.0 Å². The van der Waals surface area contributed by atoms with Gasteiger partial charge in [-0.25, -0.2) is 0 Å². The normalized spacial score (nSPS) is 11.5. The second-order valence-corrected chi connectivity index (χ2v) is 25.4. The molecule has 0 heterocycles. The zero-order valence-corrected chi connectivity index (χ0v) is 52.0. The SMILES string of the molecule is CC(C)(C)c1ccccc1.COc1ccc(C(C)(C)C)cc1OC.COc1ccc(CO)cc1C(C)(C)C.COc1cccc(C(C)(C)C)c1OC.Cc1cc(CO)cc(C(C)(C)C)c1.Cc1cccc(C(C)(C)C)c1. The van der Waals surface area contributed by atoms with E-state index in [0.29, 0.717) is 5.41 Å². The molecule has 0 aromatic heterocycles. The van der Waals surface area contributed by atoms with Crippen LogP contribution in [0.3, 0.4) is 0 Å². The first-order valence-electron chi connectivity index (χ1n) is 26.6. The molecule has 0 spiro atoms. The predicted molar refractivity (Wildman–Crippen MR) is 325 cm³/mol. The van der Waals surface area contributed by atoms with Crippen LogP contribution in [0.4, 0.5) is 0 Å². The molecule has 0 saturated heterocycles. The van der Waals surface area contributed by atoms with Gasteiger partial charge in [-0.2, -0.15) is 0 Å². The Morgan fingerprint density at radius 3 is 1.16 bits per heavy atom. The number of methoxy groups -OCH3 is 5. The topological polar surface area (TPSA) is 86.6 Å². The molecule has 0 unspecified atom stereocenters. The molecule has 0 aliphatic carbocycles. The molecule has 7 nitrogen and oxygen atoms in total. The molecule has 0 saturated carbocycles. The summed E-state index contributed by atoms with van der Waals surface area (Å²) in [6, 6.07) is 43.3. The van der Waals surface area contributed by atoms with E-state index in [1.165, 1.54) is 38.9 Å². The lowest BCUT2D eigenvalue weighted by atomic mass is 9.85. The van der Waals surface area contributed by atoms with E-state index >= 15 is 0 Å². The van der Waals surface area contributed by atoms with Crippen molar-refractivity contribution in [1.29, 1.82) is 0 Å². The van der Waals surface area contributed by atoms with Crippen LogP contribution in [-0.4, -0.2) is 45.8 Å². The summed E-state index contributed by atoms with van der Waals surface area (Å²) in [7, 11) is 8.31. The van der Waals surface area contributed by atoms with Gasteiger partial charge >= 0.3 is 0 Å². The maximum Gasteiger partial charge on any atom is 0.164 e. The van der Waals surface area contributed by atoms with Crippen molar-refractivity contribution in [3.63, 3.8) is 0 Å². The van der Waals surface area contributed by atoms with E-state index in [9.17, 15) is 0 Å². The summed E-state index contributed by atoms with van der Waals surface area (Å²) < 4.78 is 26.3. The fourth-order valence-corrected chi connectivity index (χ4v) is 7.66. The average Bonchev–Trinajstić information content (AvgIpc) is 3.35. The third kappa shape index (κ3) is 23.6. The maximum atomic E-state index is 9.05. The summed E-state index contributed by atoms with van der Waals surface area (Å²) in [5.74, 6) is 4.08. The van der Waals surface area contributed by atoms with Gasteiger partial charge in [0.25, 0.3) is 0 Å². The number of benzene rings is 6. The van der Waals surface area contributed by atoms with E-state index in [0.717, 1.165) is 45.4 Å². The average molecular weight is 1040 g/mol. The Labute approximate surface area is 463 Å². The molecule has 7 heteroatoms. The monoisotopic (exact) mass is 1040 g/mol. The summed E-state index contributed by atoms with van der Waals surface area (Å²) in [5.41, 5.74) is 13.1. The van der Waals surface area contributed by atoms with Crippen LogP contribution in [0.2, 0.25) is 0 Å². The van der Waals surface area contributed by atoms with E-state index in [2.05, 4.69) is 217 Å². The minimum absolute atomic E-state index is 0.0382. The third-order valence-electron chi connectivity index (χ3n) is 12.4. The van der Waals surface area contributed by atoms with Gasteiger partial charge in [-0.05, 0) is 116 Å². The highest BCUT2D eigenvalue weighted by Crippen LogP contribution is 2.38. The van der Waals surface area contributed by atoms with Crippen LogP contribution in [0.25, 0.3) is 0 Å². The van der Waals surface area contributed by atoms with E-state index in [4.69, 9.17) is 33.9 Å². The Kier molecular flexibility index (Phi) is 27.2. The van der Waals surface area contributed by atoms with Crippen LogP contribution in [0, 0.1) is 13.8 Å². The Bertz CT molecular complexity index is 2590. The van der Waals surface area contributed by atoms with Gasteiger partial charge in [-0.3, -0.25) is 0 Å². The Hall–Kier alpha value is -5.76. The summed E-state index contributed by atoms with van der Waals surface area (Å²) in [6.07, 6.45) is 0. The molecule has 0 amide bonds. The zero-order chi connectivity index (χ0) is 58.5. The first-order chi connectivity index (χ1) is 35.0. The molecular formula is C69H102O7. The van der Waals surface area contributed by atoms with Gasteiger partial charge < -0.3 is 33.9 Å². The minimum Gasteiger partial charge on any atom is -0.496 e. The van der Waals surface area contributed by atoms with Gasteiger partial charge in [0.1, 0.15) is 5.75 Å². The van der Waals surface area contributed by atoms with Crippen molar-refractivity contribution in [3.05, 3.63) is 183 Å². The number of rotatable bonds is 7. The molecular weight excluding hydrogens is 941 g/mol. The van der Waals surface area contributed by atoms with Crippen LogP contribution >= 0.6 is 0 Å². The number of para-hydroxylation sites is 1. The Morgan fingerprint density at radius 2 is 0.750 bits per heavy atom. The standard InChI is InChI=1S/3C12H18O2.C12H18O.C11H16.C10H14/c1-12(2,3)9-6-7-10(13-4)11(8-9)14-5;1-12(2,3)9-7-6-8-10(13-4)11(9)14-5;1-12(2,3)10-7-9(8-13)5-6-11(10)14-4;1-9-5-10(8-13)7-11(6-9)12(2,3)4;1-9-6-5-7-10(8-9)11(2,3)4;1-10(2,3)9-7-5-4-6-8-9/h2*6-8H,1-5H3;5-7,13H,8H2,1-4H3;5-7,13H,8H2,1-4H3;5-8H,1-4H3;4-8H,1-3H3. The van der Waals surface area contributed by atoms with Crippen molar-refractivity contribution in [3.8, 4) is 28.7 Å². The van der Waals surface area contributed by atoms with E-state index in [1.807, 2.05) is 48.5 Å². The molecule has 6 aromatic carbocycles. The molecule has 0 fully saturated rings. The smallest absolute Gasteiger partial charge is 0.164 e. The summed E-state index contributed by atoms with van der Waals surface area (Å²) >= 11 is 0. The van der Waals surface area contributed by atoms with Crippen LogP contribution < -0.4 is 23.7 Å². The third-order valence-corrected chi connectivity index (χ3v) is 12.4. The second-order valence-electron chi connectivity index (χ2n) is 25.4. The Balaban J connectivity index is 0.000000458. The molecule has 0 atom stereocenters. The largest absolute Gasteiger partial charge is 0.496 e. The number of ether oxygens (including phenoxy) is 5. The molecule has 76 heavy (non-hydrogen) atoms. The summed E-state index contributed by atoms with van der Waals surface area (Å²) in [6.45, 7) is 43.7. The molecule has 6 aromatic rings. The fraction of sp³-hybridized carbons (Fsp3) is 0.478. The predicted octanol–water partition coefficient (Wildman–Crippen LogP) is 17.5. The first kappa shape index (κ1) is 68.3. The lowest BCUT2D eigenvalue weighted by Crippen LogP contribution is -2.13. The van der Waals surface area contributed by atoms with Gasteiger partial charge in [-0.15, -0.1) is 0 Å². The van der Waals surface area contributed by atoms with Crippen LogP contribution in [-0.2, 0) is 45.7 Å². The van der Waals surface area contributed by atoms with Gasteiger partial charge in [-0.1, -0.05) is 233 Å². The molecule has 420 valence electrons. The number of aliphatic hydroxyl groups excluding tert-OH is 2. The molecule has 0 aliphatic heterocycles. The molecule has 0 radical (unpaired) electrons. The maximum absolute atomic E-state index is 9.05. The lowest BCUT2D eigenvalue weighted by molar-refractivity contribution is 0.281. The van der Waals surface area contributed by atoms with Crippen molar-refractivity contribution in [1.82, 2.24) is 0 Å². The molecule has 0 aliphatic rings. The number of hydrogen-bond donors (Lipinski definition) is 2. The van der Waals surface area contributed by atoms with Crippen LogP contribution in [0.15, 0.2) is 127 Å². The van der Waals surface area contributed by atoms with E-state index < -0.39 is 0 Å². The van der Waals surface area contributed by atoms with Crippen molar-refractivity contribution < 1.29 is 33.9 Å². The van der Waals surface area contributed by atoms with E-state index in [-0.39, 0.29) is 40.3 Å². The van der Waals surface area contributed by atoms with Crippen molar-refractivity contribution in [2.24, 2.45) is 0 Å². The summed E-state index contributed by atoms with van der Waals surface area (Å²) in [5, 5.41) is 18.1. The van der Waals surface area contributed by atoms with Crippen molar-refractivity contribution >= 4 is 0 Å². The lowest BCUT2D eigenvalue weighted by Gasteiger charge is -2.23. The first-order valence-corrected chi connectivity index (χ1v) is 26.6. The molecule has 2 N–H and O–H groups in total. The van der Waals surface area contributed by atoms with E-state index in [1.54, 1.807) is 35.5 Å². The second kappa shape index (κ2) is 30.3. The van der Waals surface area contributed by atoms with Crippen LogP contribution in [0.5, 0.6) is 28.7 Å². The number of aryl methyl sites for hydroxylation is 2. The highest BCUT2D eigenvalue weighted by atomic mass is 16.5. The highest BCUT2D eigenvalue weighted by molar-refractivity contribution is 5.49. The van der Waals surface area contributed by atoms with Gasteiger partial charge in [0.05, 0.1) is 48.8 Å². The Morgan fingerprint density at radius 1 is 0.303 bits per heavy atom. The van der Waals surface area contributed by atoms with Crippen LogP contribution in [0.1, 0.15) is 180 Å². The number of aliphatic hydroxyl groups is 2. The summed E-state index contributed by atoms with van der Waals surface area (Å²) in [4.78, 5) is 0. The molecule has 6 rings (SSSR count). The van der Waals surface area contributed by atoms with Crippen molar-refractivity contribution in [2.75, 3.05) is 35.5 Å².